The Hall–Kier alpha value is -2.15. The Morgan fingerprint density at radius 2 is 1.94 bits per heavy atom. The van der Waals surface area contributed by atoms with Crippen LogP contribution in [0.3, 0.4) is 0 Å². The Kier molecular flexibility index (Phi) is 3.73. The van der Waals surface area contributed by atoms with Gasteiger partial charge in [-0.1, -0.05) is 5.16 Å². The quantitative estimate of drug-likeness (QED) is 0.285. The molecule has 3 N–H and O–H groups in total. The number of aromatic nitrogens is 3. The van der Waals surface area contributed by atoms with E-state index in [9.17, 15) is 0 Å². The fourth-order valence-corrected chi connectivity index (χ4v) is 1.82. The molecule has 0 radical (unpaired) electrons. The van der Waals surface area contributed by atoms with Crippen molar-refractivity contribution in [3.63, 3.8) is 0 Å². The van der Waals surface area contributed by atoms with Crippen LogP contribution < -0.4 is 5.73 Å². The van der Waals surface area contributed by atoms with Gasteiger partial charge in [0.25, 0.3) is 0 Å². The molecule has 0 aliphatic heterocycles. The second kappa shape index (κ2) is 5.46. The molecule has 7 heteroatoms. The van der Waals surface area contributed by atoms with Crippen LogP contribution >= 0.6 is 11.8 Å². The Balaban J connectivity index is 2.13. The highest BCUT2D eigenvalue weighted by molar-refractivity contribution is 7.99. The smallest absolute Gasteiger partial charge is 0.193 e. The number of pyridine rings is 1. The van der Waals surface area contributed by atoms with Crippen LogP contribution in [0.25, 0.3) is 0 Å². The van der Waals surface area contributed by atoms with Gasteiger partial charge in [0, 0.05) is 24.2 Å². The predicted octanol–water partition coefficient (Wildman–Crippen LogP) is 1.43. The molecule has 92 valence electrons. The summed E-state index contributed by atoms with van der Waals surface area (Å²) in [6, 6.07) is 3.49. The molecule has 0 aromatic carbocycles. The van der Waals surface area contributed by atoms with Gasteiger partial charge in [-0.3, -0.25) is 0 Å². The number of hydrogen-bond acceptors (Lipinski definition) is 6. The topological polar surface area (TPSA) is 97.3 Å². The van der Waals surface area contributed by atoms with E-state index in [1.54, 1.807) is 24.5 Å². The third-order valence-corrected chi connectivity index (χ3v) is 2.94. The van der Waals surface area contributed by atoms with Crippen molar-refractivity contribution in [3.05, 3.63) is 41.9 Å². The maximum Gasteiger partial charge on any atom is 0.193 e. The highest BCUT2D eigenvalue weighted by Crippen LogP contribution is 2.21. The van der Waals surface area contributed by atoms with Gasteiger partial charge >= 0.3 is 0 Å². The fraction of sp³-hybridized carbons (Fsp3) is 0.0909. The minimum atomic E-state index is 0.0330. The van der Waals surface area contributed by atoms with E-state index in [2.05, 4.69) is 20.1 Å². The van der Waals surface area contributed by atoms with Gasteiger partial charge in [0.1, 0.15) is 5.03 Å². The van der Waals surface area contributed by atoms with Crippen LogP contribution in [0.1, 0.15) is 11.1 Å². The zero-order chi connectivity index (χ0) is 13.0. The van der Waals surface area contributed by atoms with Crippen molar-refractivity contribution in [1.82, 2.24) is 15.0 Å². The summed E-state index contributed by atoms with van der Waals surface area (Å²) in [6.07, 6.45) is 5.03. The van der Waals surface area contributed by atoms with E-state index in [0.29, 0.717) is 10.7 Å². The number of aryl methyl sites for hydroxylation is 1. The minimum absolute atomic E-state index is 0.0330. The molecular weight excluding hydrogens is 250 g/mol. The van der Waals surface area contributed by atoms with Crippen LogP contribution in [-0.2, 0) is 0 Å². The largest absolute Gasteiger partial charge is 0.409 e. The van der Waals surface area contributed by atoms with E-state index >= 15 is 0 Å². The second-order valence-corrected chi connectivity index (χ2v) is 4.50. The van der Waals surface area contributed by atoms with E-state index in [4.69, 9.17) is 10.9 Å². The van der Waals surface area contributed by atoms with Gasteiger partial charge in [0.2, 0.25) is 0 Å². The lowest BCUT2D eigenvalue weighted by Crippen LogP contribution is -2.13. The summed E-state index contributed by atoms with van der Waals surface area (Å²) in [4.78, 5) is 12.5. The maximum absolute atomic E-state index is 8.53. The first kappa shape index (κ1) is 12.3. The molecule has 0 aliphatic rings. The third kappa shape index (κ3) is 2.95. The summed E-state index contributed by atoms with van der Waals surface area (Å²) < 4.78 is 0. The van der Waals surface area contributed by atoms with Crippen molar-refractivity contribution in [2.75, 3.05) is 0 Å². The van der Waals surface area contributed by atoms with Crippen LogP contribution in [0.5, 0.6) is 0 Å². The second-order valence-electron chi connectivity index (χ2n) is 3.52. The third-order valence-electron chi connectivity index (χ3n) is 2.09. The summed E-state index contributed by atoms with van der Waals surface area (Å²) in [5.74, 6) is 0.0330. The molecule has 2 rings (SSSR count). The van der Waals surface area contributed by atoms with Gasteiger partial charge in [-0.25, -0.2) is 15.0 Å². The van der Waals surface area contributed by atoms with Crippen molar-refractivity contribution in [2.45, 2.75) is 17.1 Å². The SMILES string of the molecule is Cc1cnc(Sc2ccc(/C(N)=N/O)cn2)nc1. The van der Waals surface area contributed by atoms with Gasteiger partial charge in [0.15, 0.2) is 11.0 Å². The van der Waals surface area contributed by atoms with Crippen molar-refractivity contribution >= 4 is 17.6 Å². The Morgan fingerprint density at radius 1 is 1.22 bits per heavy atom. The fourth-order valence-electron chi connectivity index (χ4n) is 1.18. The summed E-state index contributed by atoms with van der Waals surface area (Å²) in [5.41, 5.74) is 7.01. The van der Waals surface area contributed by atoms with E-state index in [1.165, 1.54) is 18.0 Å². The van der Waals surface area contributed by atoms with Crippen LogP contribution in [0.2, 0.25) is 0 Å². The number of nitrogens with two attached hydrogens (primary N) is 1. The lowest BCUT2D eigenvalue weighted by atomic mass is 10.3. The van der Waals surface area contributed by atoms with Crippen LogP contribution in [0.4, 0.5) is 0 Å². The molecule has 0 unspecified atom stereocenters. The van der Waals surface area contributed by atoms with Gasteiger partial charge in [0.05, 0.1) is 0 Å². The van der Waals surface area contributed by atoms with Crippen molar-refractivity contribution in [3.8, 4) is 0 Å². The first-order valence-electron chi connectivity index (χ1n) is 5.09. The lowest BCUT2D eigenvalue weighted by molar-refractivity contribution is 0.318. The highest BCUT2D eigenvalue weighted by atomic mass is 32.2. The number of amidine groups is 1. The number of nitrogens with zero attached hydrogens (tertiary/aromatic N) is 4. The average Bonchev–Trinajstić information content (AvgIpc) is 2.41. The molecule has 0 bridgehead atoms. The molecular formula is C11H11N5OS. The normalized spacial score (nSPS) is 11.5. The molecule has 2 aromatic rings. The van der Waals surface area contributed by atoms with Crippen molar-refractivity contribution in [1.29, 1.82) is 0 Å². The maximum atomic E-state index is 8.53. The molecule has 18 heavy (non-hydrogen) atoms. The van der Waals surface area contributed by atoms with E-state index in [1.807, 2.05) is 6.92 Å². The van der Waals surface area contributed by atoms with Crippen molar-refractivity contribution in [2.24, 2.45) is 10.9 Å². The molecule has 6 nitrogen and oxygen atoms in total. The van der Waals surface area contributed by atoms with Crippen LogP contribution in [0.15, 0.2) is 46.1 Å². The molecule has 0 saturated carbocycles. The molecule has 0 amide bonds. The summed E-state index contributed by atoms with van der Waals surface area (Å²) in [7, 11) is 0. The van der Waals surface area contributed by atoms with Gasteiger partial charge in [-0.2, -0.15) is 0 Å². The zero-order valence-corrected chi connectivity index (χ0v) is 10.4. The first-order valence-corrected chi connectivity index (χ1v) is 5.91. The Bertz CT molecular complexity index is 553. The van der Waals surface area contributed by atoms with E-state index in [-0.39, 0.29) is 5.84 Å². The molecule has 2 heterocycles. The molecule has 2 aromatic heterocycles. The van der Waals surface area contributed by atoms with Gasteiger partial charge < -0.3 is 10.9 Å². The Labute approximate surface area is 108 Å². The number of rotatable bonds is 3. The molecule has 0 atom stereocenters. The standard InChI is InChI=1S/C11H11N5OS/c1-7-4-14-11(15-5-7)18-9-3-2-8(6-13-9)10(12)16-17/h2-6,17H,1H3,(H2,12,16). The number of hydrogen-bond donors (Lipinski definition) is 2. The first-order chi connectivity index (χ1) is 8.69. The molecule has 0 spiro atoms. The van der Waals surface area contributed by atoms with Gasteiger partial charge in [-0.05, 0) is 36.4 Å². The molecule has 0 fully saturated rings. The highest BCUT2D eigenvalue weighted by Gasteiger charge is 2.03. The summed E-state index contributed by atoms with van der Waals surface area (Å²) >= 11 is 1.35. The summed E-state index contributed by atoms with van der Waals surface area (Å²) in [6.45, 7) is 1.93. The summed E-state index contributed by atoms with van der Waals surface area (Å²) in [5, 5.41) is 12.8. The lowest BCUT2D eigenvalue weighted by Gasteiger charge is -2.01. The van der Waals surface area contributed by atoms with E-state index in [0.717, 1.165) is 10.6 Å². The molecule has 0 aliphatic carbocycles. The molecule has 0 saturated heterocycles. The van der Waals surface area contributed by atoms with Gasteiger partial charge in [-0.15, -0.1) is 0 Å². The van der Waals surface area contributed by atoms with Crippen LogP contribution in [0, 0.1) is 6.92 Å². The van der Waals surface area contributed by atoms with E-state index < -0.39 is 0 Å². The number of oxime groups is 1. The Morgan fingerprint density at radius 3 is 2.50 bits per heavy atom. The average molecular weight is 261 g/mol. The monoisotopic (exact) mass is 261 g/mol. The van der Waals surface area contributed by atoms with Crippen LogP contribution in [-0.4, -0.2) is 26.0 Å². The predicted molar refractivity (Wildman–Crippen MR) is 67.6 cm³/mol. The zero-order valence-electron chi connectivity index (χ0n) is 9.61. The van der Waals surface area contributed by atoms with Crippen molar-refractivity contribution < 1.29 is 5.21 Å². The minimum Gasteiger partial charge on any atom is -0.409 e.